The van der Waals surface area contributed by atoms with Gasteiger partial charge < -0.3 is 9.73 Å². The third-order valence-electron chi connectivity index (χ3n) is 4.94. The Balaban J connectivity index is 1.61. The van der Waals surface area contributed by atoms with E-state index in [9.17, 15) is 9.59 Å². The molecule has 0 aliphatic rings. The normalized spacial score (nSPS) is 11.8. The summed E-state index contributed by atoms with van der Waals surface area (Å²) in [7, 11) is 0. The molecule has 8 heteroatoms. The average molecular weight is 447 g/mol. The van der Waals surface area contributed by atoms with E-state index in [1.54, 1.807) is 30.5 Å². The maximum absolute atomic E-state index is 12.8. The van der Waals surface area contributed by atoms with Crippen molar-refractivity contribution in [3.63, 3.8) is 0 Å². The second-order valence-corrected chi connectivity index (χ2v) is 8.56. The average Bonchev–Trinajstić information content (AvgIpc) is 3.40. The number of carbonyl (C=O) groups is 2. The highest BCUT2D eigenvalue weighted by Gasteiger charge is 2.23. The highest BCUT2D eigenvalue weighted by atomic mass is 32.2. The lowest BCUT2D eigenvalue weighted by atomic mass is 10.1. The van der Waals surface area contributed by atoms with E-state index in [2.05, 4.69) is 15.5 Å². The summed E-state index contributed by atoms with van der Waals surface area (Å²) in [6, 6.07) is 18.5. The molecule has 2 aromatic heterocycles. The molecule has 4 rings (SSSR count). The monoisotopic (exact) mass is 446 g/mol. The fraction of sp³-hybridized carbons (Fsp3) is 0.167. The van der Waals surface area contributed by atoms with Crippen molar-refractivity contribution in [3.8, 4) is 17.1 Å². The van der Waals surface area contributed by atoms with Gasteiger partial charge in [-0.15, -0.1) is 10.2 Å². The van der Waals surface area contributed by atoms with Crippen LogP contribution in [0.1, 0.15) is 30.0 Å². The van der Waals surface area contributed by atoms with Gasteiger partial charge in [-0.25, -0.2) is 0 Å². The number of thioether (sulfide) groups is 1. The summed E-state index contributed by atoms with van der Waals surface area (Å²) in [6.45, 7) is 5.17. The maximum atomic E-state index is 12.8. The molecule has 1 amide bonds. The summed E-state index contributed by atoms with van der Waals surface area (Å²) >= 11 is 1.31. The van der Waals surface area contributed by atoms with Crippen molar-refractivity contribution in [2.75, 3.05) is 5.32 Å². The minimum absolute atomic E-state index is 0.0541. The number of aromatic nitrogens is 3. The number of para-hydroxylation sites is 1. The van der Waals surface area contributed by atoms with Crippen LogP contribution in [0, 0.1) is 6.92 Å². The number of nitrogens with zero attached hydrogens (tertiary/aromatic N) is 3. The highest BCUT2D eigenvalue weighted by molar-refractivity contribution is 8.00. The number of ketones is 1. The van der Waals surface area contributed by atoms with Gasteiger partial charge in [0.25, 0.3) is 0 Å². The van der Waals surface area contributed by atoms with Crippen LogP contribution in [0.4, 0.5) is 5.69 Å². The Kier molecular flexibility index (Phi) is 6.23. The quantitative estimate of drug-likeness (QED) is 0.312. The third-order valence-corrected chi connectivity index (χ3v) is 5.98. The lowest BCUT2D eigenvalue weighted by molar-refractivity contribution is -0.115. The van der Waals surface area contributed by atoms with E-state index in [1.807, 2.05) is 54.8 Å². The number of amides is 1. The maximum Gasteiger partial charge on any atom is 0.237 e. The molecule has 0 radical (unpaired) electrons. The number of carbonyl (C=O) groups excluding carboxylic acids is 2. The van der Waals surface area contributed by atoms with E-state index in [4.69, 9.17) is 4.42 Å². The van der Waals surface area contributed by atoms with Gasteiger partial charge in [-0.2, -0.15) is 0 Å². The summed E-state index contributed by atoms with van der Waals surface area (Å²) in [5, 5.41) is 11.8. The van der Waals surface area contributed by atoms with Crippen LogP contribution >= 0.6 is 11.8 Å². The van der Waals surface area contributed by atoms with E-state index in [-0.39, 0.29) is 11.7 Å². The van der Waals surface area contributed by atoms with Gasteiger partial charge in [0.15, 0.2) is 16.8 Å². The zero-order chi connectivity index (χ0) is 22.7. The number of hydrogen-bond acceptors (Lipinski definition) is 6. The predicted octanol–water partition coefficient (Wildman–Crippen LogP) is 5.16. The zero-order valence-electron chi connectivity index (χ0n) is 17.9. The Bertz CT molecular complexity index is 1260. The molecule has 0 saturated carbocycles. The number of Topliss-reactive ketones (excluding diaryl/α,β-unsaturated/α-hetero) is 1. The highest BCUT2D eigenvalue weighted by Crippen LogP contribution is 2.32. The molecular weight excluding hydrogens is 424 g/mol. The van der Waals surface area contributed by atoms with E-state index in [1.165, 1.54) is 18.7 Å². The summed E-state index contributed by atoms with van der Waals surface area (Å²) in [4.78, 5) is 24.5. The van der Waals surface area contributed by atoms with Crippen LogP contribution in [-0.4, -0.2) is 31.7 Å². The first-order chi connectivity index (χ1) is 15.4. The molecule has 0 saturated heterocycles. The van der Waals surface area contributed by atoms with E-state index in [0.717, 1.165) is 17.0 Å². The van der Waals surface area contributed by atoms with E-state index >= 15 is 0 Å². The summed E-state index contributed by atoms with van der Waals surface area (Å²) < 4.78 is 7.37. The van der Waals surface area contributed by atoms with Crippen LogP contribution in [-0.2, 0) is 4.79 Å². The zero-order valence-corrected chi connectivity index (χ0v) is 18.7. The Hall–Kier alpha value is -3.65. The lowest BCUT2D eigenvalue weighted by Crippen LogP contribution is -2.23. The Morgan fingerprint density at radius 1 is 1.06 bits per heavy atom. The molecule has 0 bridgehead atoms. The first-order valence-corrected chi connectivity index (χ1v) is 11.0. The third kappa shape index (κ3) is 4.50. The number of benzene rings is 2. The van der Waals surface area contributed by atoms with Crippen molar-refractivity contribution in [2.24, 2.45) is 0 Å². The molecule has 162 valence electrons. The van der Waals surface area contributed by atoms with Gasteiger partial charge >= 0.3 is 0 Å². The standard InChI is InChI=1S/C24H22N4O3S/c1-15(29)18-8-7-9-19(14-18)25-23(30)17(3)32-24-27-26-22(21-12-13-31-16(21)2)28(24)20-10-5-4-6-11-20/h4-14,17H,1-3H3,(H,25,30). The van der Waals surface area contributed by atoms with Gasteiger partial charge in [0, 0.05) is 16.9 Å². The van der Waals surface area contributed by atoms with Crippen LogP contribution in [0.15, 0.2) is 76.5 Å². The van der Waals surface area contributed by atoms with Gasteiger partial charge in [-0.1, -0.05) is 42.1 Å². The number of aryl methyl sites for hydroxylation is 1. The Morgan fingerprint density at radius 3 is 2.53 bits per heavy atom. The second-order valence-electron chi connectivity index (χ2n) is 7.25. The molecule has 1 atom stereocenters. The molecule has 1 unspecified atom stereocenters. The summed E-state index contributed by atoms with van der Waals surface area (Å²) in [6.07, 6.45) is 1.62. The molecule has 32 heavy (non-hydrogen) atoms. The molecule has 0 aliphatic heterocycles. The van der Waals surface area contributed by atoms with Crippen LogP contribution in [0.2, 0.25) is 0 Å². The molecule has 1 N–H and O–H groups in total. The van der Waals surface area contributed by atoms with Gasteiger partial charge in [0.1, 0.15) is 5.76 Å². The molecule has 0 spiro atoms. The second kappa shape index (κ2) is 9.23. The molecule has 2 aromatic carbocycles. The Labute approximate surface area is 189 Å². The molecule has 2 heterocycles. The van der Waals surface area contributed by atoms with Crippen molar-refractivity contribution >= 4 is 29.1 Å². The Morgan fingerprint density at radius 2 is 1.84 bits per heavy atom. The molecule has 7 nitrogen and oxygen atoms in total. The molecule has 4 aromatic rings. The first-order valence-electron chi connectivity index (χ1n) is 10.1. The number of nitrogens with one attached hydrogen (secondary N) is 1. The first kappa shape index (κ1) is 21.6. The van der Waals surface area contributed by atoms with E-state index < -0.39 is 5.25 Å². The SMILES string of the molecule is CC(=O)c1cccc(NC(=O)C(C)Sc2nnc(-c3ccoc3C)n2-c2ccccc2)c1. The largest absolute Gasteiger partial charge is 0.469 e. The minimum Gasteiger partial charge on any atom is -0.469 e. The van der Waals surface area contributed by atoms with Gasteiger partial charge in [0.05, 0.1) is 17.1 Å². The summed E-state index contributed by atoms with van der Waals surface area (Å²) in [5.41, 5.74) is 2.85. The van der Waals surface area contributed by atoms with Gasteiger partial charge in [0.2, 0.25) is 5.91 Å². The van der Waals surface area contributed by atoms with Gasteiger partial charge in [-0.3, -0.25) is 14.2 Å². The van der Waals surface area contributed by atoms with E-state index in [0.29, 0.717) is 22.2 Å². The number of furan rings is 1. The van der Waals surface area contributed by atoms with Gasteiger partial charge in [-0.05, 0) is 51.1 Å². The summed E-state index contributed by atoms with van der Waals surface area (Å²) in [5.74, 6) is 1.13. The van der Waals surface area contributed by atoms with Crippen LogP contribution in [0.5, 0.6) is 0 Å². The van der Waals surface area contributed by atoms with Crippen molar-refractivity contribution in [1.82, 2.24) is 14.8 Å². The number of rotatable bonds is 7. The molecular formula is C24H22N4O3S. The topological polar surface area (TPSA) is 90.0 Å². The fourth-order valence-corrected chi connectivity index (χ4v) is 4.09. The number of anilines is 1. The van der Waals surface area contributed by atoms with Crippen LogP contribution < -0.4 is 5.32 Å². The predicted molar refractivity (Wildman–Crippen MR) is 124 cm³/mol. The van der Waals surface area contributed by atoms with Crippen molar-refractivity contribution in [3.05, 3.63) is 78.3 Å². The van der Waals surface area contributed by atoms with Crippen LogP contribution in [0.3, 0.4) is 0 Å². The number of hydrogen-bond donors (Lipinski definition) is 1. The minimum atomic E-state index is -0.457. The van der Waals surface area contributed by atoms with Crippen molar-refractivity contribution in [1.29, 1.82) is 0 Å². The van der Waals surface area contributed by atoms with Crippen molar-refractivity contribution in [2.45, 2.75) is 31.2 Å². The molecule has 0 aliphatic carbocycles. The lowest BCUT2D eigenvalue weighted by Gasteiger charge is -2.14. The fourth-order valence-electron chi connectivity index (χ4n) is 3.22. The molecule has 0 fully saturated rings. The van der Waals surface area contributed by atoms with Crippen molar-refractivity contribution < 1.29 is 14.0 Å². The van der Waals surface area contributed by atoms with Crippen LogP contribution in [0.25, 0.3) is 17.1 Å². The smallest absolute Gasteiger partial charge is 0.237 e.